The average molecular weight is 372 g/mol. The molecule has 25 heavy (non-hydrogen) atoms. The van der Waals surface area contributed by atoms with E-state index in [1.807, 2.05) is 47.8 Å². The van der Waals surface area contributed by atoms with Gasteiger partial charge < -0.3 is 13.9 Å². The summed E-state index contributed by atoms with van der Waals surface area (Å²) >= 11 is 3.76. The van der Waals surface area contributed by atoms with E-state index in [-0.39, 0.29) is 5.43 Å². The zero-order valence-corrected chi connectivity index (χ0v) is 15.0. The molecule has 0 spiro atoms. The number of hydrogen-bond donors (Lipinski definition) is 0. The van der Waals surface area contributed by atoms with Crippen molar-refractivity contribution in [2.24, 2.45) is 0 Å². The Labute approximate surface area is 152 Å². The van der Waals surface area contributed by atoms with Crippen LogP contribution in [0.15, 0.2) is 45.6 Å². The Morgan fingerprint density at radius 3 is 2.48 bits per heavy atom. The highest BCUT2D eigenvalue weighted by atomic mass is 32.2. The lowest BCUT2D eigenvalue weighted by Crippen LogP contribution is -2.09. The van der Waals surface area contributed by atoms with Gasteiger partial charge in [0.15, 0.2) is 0 Å². The molecule has 2 aliphatic heterocycles. The monoisotopic (exact) mass is 372 g/mol. The van der Waals surface area contributed by atoms with Crippen molar-refractivity contribution in [3.8, 4) is 11.5 Å². The van der Waals surface area contributed by atoms with E-state index >= 15 is 0 Å². The van der Waals surface area contributed by atoms with Crippen molar-refractivity contribution in [2.75, 3.05) is 24.7 Å². The Bertz CT molecular complexity index is 1010. The van der Waals surface area contributed by atoms with Gasteiger partial charge in [-0.05, 0) is 12.1 Å². The van der Waals surface area contributed by atoms with Crippen molar-refractivity contribution < 1.29 is 13.9 Å². The van der Waals surface area contributed by atoms with Gasteiger partial charge in [-0.2, -0.15) is 23.5 Å². The first-order valence-electron chi connectivity index (χ1n) is 8.26. The standard InChI is InChI=1S/C19H16O4S2/c20-19-14-3-1-2-4-15(14)23-17-6-11(21-7-12-9-24-12)5-16(18(17)19)22-8-13-10-25-13/h1-6,12-13H,7-10H2. The lowest BCUT2D eigenvalue weighted by Gasteiger charge is -2.12. The first kappa shape index (κ1) is 15.5. The van der Waals surface area contributed by atoms with Crippen LogP contribution in [0.5, 0.6) is 11.5 Å². The summed E-state index contributed by atoms with van der Waals surface area (Å²) in [5.74, 6) is 3.51. The minimum Gasteiger partial charge on any atom is -0.492 e. The highest BCUT2D eigenvalue weighted by Crippen LogP contribution is 2.36. The van der Waals surface area contributed by atoms with Crippen LogP contribution in [-0.2, 0) is 0 Å². The van der Waals surface area contributed by atoms with Crippen LogP contribution in [0.1, 0.15) is 0 Å². The zero-order chi connectivity index (χ0) is 16.8. The fourth-order valence-electron chi connectivity index (χ4n) is 2.76. The molecule has 3 heterocycles. The second kappa shape index (κ2) is 6.18. The third-order valence-corrected chi connectivity index (χ3v) is 6.17. The fourth-order valence-corrected chi connectivity index (χ4v) is 3.56. The minimum atomic E-state index is -0.0559. The molecule has 0 amide bonds. The molecule has 6 heteroatoms. The van der Waals surface area contributed by atoms with Crippen LogP contribution in [0.3, 0.4) is 0 Å². The maximum atomic E-state index is 13.0. The van der Waals surface area contributed by atoms with Crippen molar-refractivity contribution in [3.63, 3.8) is 0 Å². The van der Waals surface area contributed by atoms with Crippen LogP contribution in [0.2, 0.25) is 0 Å². The zero-order valence-electron chi connectivity index (χ0n) is 13.4. The van der Waals surface area contributed by atoms with E-state index in [0.29, 0.717) is 57.2 Å². The van der Waals surface area contributed by atoms with E-state index in [2.05, 4.69) is 0 Å². The molecular weight excluding hydrogens is 356 g/mol. The molecule has 1 aromatic heterocycles. The quantitative estimate of drug-likeness (QED) is 0.483. The van der Waals surface area contributed by atoms with Crippen molar-refractivity contribution >= 4 is 45.5 Å². The molecule has 5 rings (SSSR count). The smallest absolute Gasteiger partial charge is 0.204 e. The SMILES string of the molecule is O=c1c2ccccc2oc2cc(OCC3CS3)cc(OCC3CS3)c12. The second-order valence-electron chi connectivity index (χ2n) is 6.25. The van der Waals surface area contributed by atoms with E-state index in [9.17, 15) is 4.79 Å². The number of fused-ring (bicyclic) bond motifs is 2. The van der Waals surface area contributed by atoms with E-state index in [1.54, 1.807) is 12.1 Å². The fraction of sp³-hybridized carbons (Fsp3) is 0.316. The molecule has 3 aromatic rings. The van der Waals surface area contributed by atoms with Crippen molar-refractivity contribution in [1.29, 1.82) is 0 Å². The summed E-state index contributed by atoms with van der Waals surface area (Å²) in [6, 6.07) is 10.9. The Hall–Kier alpha value is -1.79. The van der Waals surface area contributed by atoms with E-state index in [0.717, 1.165) is 11.5 Å². The van der Waals surface area contributed by atoms with Gasteiger partial charge in [-0.25, -0.2) is 0 Å². The largest absolute Gasteiger partial charge is 0.492 e. The van der Waals surface area contributed by atoms with Gasteiger partial charge >= 0.3 is 0 Å². The predicted octanol–water partition coefficient (Wildman–Crippen LogP) is 3.93. The average Bonchev–Trinajstić information content (AvgIpc) is 3.53. The van der Waals surface area contributed by atoms with Crippen molar-refractivity contribution in [3.05, 3.63) is 46.6 Å². The number of para-hydroxylation sites is 1. The van der Waals surface area contributed by atoms with E-state index in [4.69, 9.17) is 13.9 Å². The van der Waals surface area contributed by atoms with Crippen molar-refractivity contribution in [1.82, 2.24) is 0 Å². The third kappa shape index (κ3) is 3.20. The molecule has 0 bridgehead atoms. The van der Waals surface area contributed by atoms with E-state index in [1.165, 1.54) is 0 Å². The molecular formula is C19H16O4S2. The maximum Gasteiger partial charge on any atom is 0.204 e. The lowest BCUT2D eigenvalue weighted by molar-refractivity contribution is 0.315. The molecule has 2 unspecified atom stereocenters. The van der Waals surface area contributed by atoms with Gasteiger partial charge in [0.2, 0.25) is 5.43 Å². The van der Waals surface area contributed by atoms with Crippen LogP contribution in [0.25, 0.3) is 21.9 Å². The predicted molar refractivity (Wildman–Crippen MR) is 103 cm³/mol. The summed E-state index contributed by atoms with van der Waals surface area (Å²) in [5, 5.41) is 2.17. The summed E-state index contributed by atoms with van der Waals surface area (Å²) in [6.45, 7) is 1.28. The van der Waals surface area contributed by atoms with Gasteiger partial charge in [-0.3, -0.25) is 4.79 Å². The Kier molecular flexibility index (Phi) is 3.82. The van der Waals surface area contributed by atoms with Crippen LogP contribution in [0.4, 0.5) is 0 Å². The van der Waals surface area contributed by atoms with Crippen LogP contribution < -0.4 is 14.9 Å². The van der Waals surface area contributed by atoms with Gasteiger partial charge in [0.25, 0.3) is 0 Å². The Morgan fingerprint density at radius 2 is 1.72 bits per heavy atom. The third-order valence-electron chi connectivity index (χ3n) is 4.28. The molecule has 2 saturated heterocycles. The first-order chi connectivity index (χ1) is 12.3. The molecule has 0 N–H and O–H groups in total. The second-order valence-corrected chi connectivity index (χ2v) is 8.92. The van der Waals surface area contributed by atoms with Gasteiger partial charge in [-0.15, -0.1) is 0 Å². The van der Waals surface area contributed by atoms with Crippen LogP contribution in [-0.4, -0.2) is 35.2 Å². The molecule has 2 aliphatic rings. The lowest BCUT2D eigenvalue weighted by atomic mass is 10.1. The molecule has 0 radical (unpaired) electrons. The van der Waals surface area contributed by atoms with Crippen LogP contribution >= 0.6 is 23.5 Å². The molecule has 128 valence electrons. The van der Waals surface area contributed by atoms with Gasteiger partial charge in [0.05, 0.1) is 5.39 Å². The van der Waals surface area contributed by atoms with Gasteiger partial charge in [0, 0.05) is 34.1 Å². The molecule has 2 atom stereocenters. The molecule has 4 nitrogen and oxygen atoms in total. The van der Waals surface area contributed by atoms with Crippen molar-refractivity contribution in [2.45, 2.75) is 10.5 Å². The molecule has 0 aliphatic carbocycles. The first-order valence-corrected chi connectivity index (χ1v) is 10.4. The summed E-state index contributed by atoms with van der Waals surface area (Å²) in [7, 11) is 0. The molecule has 0 saturated carbocycles. The number of hydrogen-bond acceptors (Lipinski definition) is 6. The normalized spacial score (nSPS) is 21.4. The van der Waals surface area contributed by atoms with Gasteiger partial charge in [-0.1, -0.05) is 12.1 Å². The summed E-state index contributed by atoms with van der Waals surface area (Å²) in [4.78, 5) is 13.0. The maximum absolute atomic E-state index is 13.0. The van der Waals surface area contributed by atoms with Gasteiger partial charge in [0.1, 0.15) is 41.3 Å². The highest BCUT2D eigenvalue weighted by Gasteiger charge is 2.25. The minimum absolute atomic E-state index is 0.0559. The number of thioether (sulfide) groups is 2. The highest BCUT2D eigenvalue weighted by molar-refractivity contribution is 8.07. The summed E-state index contributed by atoms with van der Waals surface area (Å²) in [5.41, 5.74) is 1.04. The number of rotatable bonds is 6. The number of benzene rings is 2. The Morgan fingerprint density at radius 1 is 1.00 bits per heavy atom. The topological polar surface area (TPSA) is 48.7 Å². The Balaban J connectivity index is 1.63. The number of ether oxygens (including phenoxy) is 2. The summed E-state index contributed by atoms with van der Waals surface area (Å²) in [6.07, 6.45) is 0. The summed E-state index contributed by atoms with van der Waals surface area (Å²) < 4.78 is 17.8. The molecule has 2 fully saturated rings. The molecule has 2 aromatic carbocycles. The van der Waals surface area contributed by atoms with Crippen LogP contribution in [0, 0.1) is 0 Å². The van der Waals surface area contributed by atoms with E-state index < -0.39 is 0 Å².